The van der Waals surface area contributed by atoms with Gasteiger partial charge < -0.3 is 5.73 Å². The smallest absolute Gasteiger partial charge is 0.0439 e. The van der Waals surface area contributed by atoms with Gasteiger partial charge in [-0.25, -0.2) is 0 Å². The maximum Gasteiger partial charge on any atom is 0.0439 e. The summed E-state index contributed by atoms with van der Waals surface area (Å²) in [6, 6.07) is 5.96. The van der Waals surface area contributed by atoms with Crippen LogP contribution in [0.1, 0.15) is 44.1 Å². The second-order valence-corrected chi connectivity index (χ2v) is 8.67. The van der Waals surface area contributed by atoms with E-state index in [1.807, 2.05) is 18.2 Å². The molecule has 2 N–H and O–H groups in total. The highest BCUT2D eigenvalue weighted by molar-refractivity contribution is 6.33. The van der Waals surface area contributed by atoms with Crippen molar-refractivity contribution in [2.24, 2.45) is 28.9 Å². The number of hydrogen-bond acceptors (Lipinski definition) is 1. The minimum atomic E-state index is 0.224. The van der Waals surface area contributed by atoms with Gasteiger partial charge >= 0.3 is 0 Å². The first-order valence-electron chi connectivity index (χ1n) is 8.23. The van der Waals surface area contributed by atoms with Crippen LogP contribution in [0.2, 0.25) is 10.0 Å². The monoisotopic (exact) mass is 323 g/mol. The van der Waals surface area contributed by atoms with E-state index in [1.165, 1.54) is 38.5 Å². The first kappa shape index (κ1) is 14.4. The Balaban J connectivity index is 1.57. The van der Waals surface area contributed by atoms with Crippen molar-refractivity contribution >= 4 is 23.2 Å². The van der Waals surface area contributed by atoms with Gasteiger partial charge in [-0.2, -0.15) is 0 Å². The van der Waals surface area contributed by atoms with Crippen molar-refractivity contribution in [1.29, 1.82) is 0 Å². The van der Waals surface area contributed by atoms with Crippen molar-refractivity contribution < 1.29 is 0 Å². The molecule has 1 unspecified atom stereocenters. The summed E-state index contributed by atoms with van der Waals surface area (Å²) in [7, 11) is 0. The maximum absolute atomic E-state index is 6.72. The van der Waals surface area contributed by atoms with Crippen LogP contribution in [0.3, 0.4) is 0 Å². The van der Waals surface area contributed by atoms with Crippen molar-refractivity contribution in [1.82, 2.24) is 0 Å². The predicted molar refractivity (Wildman–Crippen MR) is 88.7 cm³/mol. The summed E-state index contributed by atoms with van der Waals surface area (Å²) >= 11 is 12.5. The van der Waals surface area contributed by atoms with E-state index in [2.05, 4.69) is 0 Å². The second-order valence-electron chi connectivity index (χ2n) is 7.83. The lowest BCUT2D eigenvalue weighted by atomic mass is 9.47. The molecule has 0 amide bonds. The van der Waals surface area contributed by atoms with Crippen LogP contribution in [0.5, 0.6) is 0 Å². The maximum atomic E-state index is 6.72. The molecule has 4 saturated carbocycles. The van der Waals surface area contributed by atoms with Crippen molar-refractivity contribution in [2.45, 2.75) is 51.0 Å². The number of rotatable bonds is 3. The minimum Gasteiger partial charge on any atom is -0.327 e. The Morgan fingerprint density at radius 3 is 2.19 bits per heavy atom. The number of halogens is 2. The molecule has 1 nitrogen and oxygen atoms in total. The molecule has 3 heteroatoms. The Morgan fingerprint density at radius 2 is 1.62 bits per heavy atom. The normalized spacial score (nSPS) is 38.7. The average Bonchev–Trinajstić information content (AvgIpc) is 2.41. The first-order chi connectivity index (χ1) is 10.0. The van der Waals surface area contributed by atoms with Gasteiger partial charge in [-0.1, -0.05) is 23.2 Å². The highest BCUT2D eigenvalue weighted by Crippen LogP contribution is 2.61. The average molecular weight is 324 g/mol. The standard InChI is InChI=1S/C18H23Cl2N/c19-15-1-2-16(20)14(6-15)7-17(21)18-8-11-3-12(9-18)5-13(4-11)10-18/h1-2,6,11-13,17H,3-5,7-10,21H2. The first-order valence-corrected chi connectivity index (χ1v) is 8.99. The minimum absolute atomic E-state index is 0.224. The quantitative estimate of drug-likeness (QED) is 0.824. The third-order valence-electron chi connectivity index (χ3n) is 6.32. The fourth-order valence-electron chi connectivity index (χ4n) is 5.78. The number of hydrogen-bond donors (Lipinski definition) is 1. The molecule has 1 aromatic carbocycles. The van der Waals surface area contributed by atoms with Gasteiger partial charge in [0.1, 0.15) is 0 Å². The molecule has 21 heavy (non-hydrogen) atoms. The second kappa shape index (κ2) is 5.15. The van der Waals surface area contributed by atoms with E-state index in [9.17, 15) is 0 Å². The number of nitrogens with two attached hydrogens (primary N) is 1. The summed E-state index contributed by atoms with van der Waals surface area (Å²) in [5, 5.41) is 1.56. The predicted octanol–water partition coefficient (Wildman–Crippen LogP) is 5.08. The number of benzene rings is 1. The van der Waals surface area contributed by atoms with E-state index in [-0.39, 0.29) is 6.04 Å². The van der Waals surface area contributed by atoms with Gasteiger partial charge in [0.15, 0.2) is 0 Å². The van der Waals surface area contributed by atoms with E-state index in [0.717, 1.165) is 39.8 Å². The van der Waals surface area contributed by atoms with Crippen molar-refractivity contribution in [3.8, 4) is 0 Å². The Labute approximate surface area is 137 Å². The van der Waals surface area contributed by atoms with E-state index in [4.69, 9.17) is 28.9 Å². The Bertz CT molecular complexity index is 519. The topological polar surface area (TPSA) is 26.0 Å². The molecule has 0 aliphatic heterocycles. The molecule has 0 spiro atoms. The summed E-state index contributed by atoms with van der Waals surface area (Å²) in [6.07, 6.45) is 9.29. The summed E-state index contributed by atoms with van der Waals surface area (Å²) in [5.41, 5.74) is 8.22. The van der Waals surface area contributed by atoms with Crippen LogP contribution in [0.15, 0.2) is 18.2 Å². The van der Waals surface area contributed by atoms with Crippen molar-refractivity contribution in [3.05, 3.63) is 33.8 Å². The zero-order valence-electron chi connectivity index (χ0n) is 12.3. The van der Waals surface area contributed by atoms with Crippen LogP contribution in [0, 0.1) is 23.2 Å². The van der Waals surface area contributed by atoms with Gasteiger partial charge in [0.05, 0.1) is 0 Å². The SMILES string of the molecule is NC(Cc1cc(Cl)ccc1Cl)C12CC3CC(CC(C3)C1)C2. The van der Waals surface area contributed by atoms with Gasteiger partial charge in [0, 0.05) is 16.1 Å². The molecule has 5 rings (SSSR count). The summed E-state index contributed by atoms with van der Waals surface area (Å²) in [6.45, 7) is 0. The fraction of sp³-hybridized carbons (Fsp3) is 0.667. The summed E-state index contributed by atoms with van der Waals surface area (Å²) in [5.74, 6) is 2.83. The van der Waals surface area contributed by atoms with Gasteiger partial charge in [0.2, 0.25) is 0 Å². The molecule has 4 bridgehead atoms. The van der Waals surface area contributed by atoms with Crippen LogP contribution < -0.4 is 5.73 Å². The van der Waals surface area contributed by atoms with Crippen LogP contribution in [0.4, 0.5) is 0 Å². The largest absolute Gasteiger partial charge is 0.327 e. The van der Waals surface area contributed by atoms with Crippen molar-refractivity contribution in [2.75, 3.05) is 0 Å². The van der Waals surface area contributed by atoms with Gasteiger partial charge in [0.25, 0.3) is 0 Å². The molecule has 0 radical (unpaired) electrons. The molecule has 4 aliphatic rings. The zero-order valence-corrected chi connectivity index (χ0v) is 13.8. The summed E-state index contributed by atoms with van der Waals surface area (Å²) in [4.78, 5) is 0. The Hall–Kier alpha value is -0.240. The van der Waals surface area contributed by atoms with E-state index in [0.29, 0.717) is 5.41 Å². The zero-order chi connectivity index (χ0) is 14.6. The van der Waals surface area contributed by atoms with E-state index in [1.54, 1.807) is 0 Å². The van der Waals surface area contributed by atoms with Crippen LogP contribution >= 0.6 is 23.2 Å². The summed E-state index contributed by atoms with van der Waals surface area (Å²) < 4.78 is 0. The van der Waals surface area contributed by atoms with E-state index >= 15 is 0 Å². The molecule has 114 valence electrons. The highest BCUT2D eigenvalue weighted by atomic mass is 35.5. The van der Waals surface area contributed by atoms with Crippen molar-refractivity contribution in [3.63, 3.8) is 0 Å². The highest BCUT2D eigenvalue weighted by Gasteiger charge is 2.53. The molecular weight excluding hydrogens is 301 g/mol. The van der Waals surface area contributed by atoms with Crippen LogP contribution in [-0.4, -0.2) is 6.04 Å². The molecule has 1 aromatic rings. The lowest BCUT2D eigenvalue weighted by Gasteiger charge is -2.59. The molecule has 0 heterocycles. The lowest BCUT2D eigenvalue weighted by molar-refractivity contribution is -0.0667. The van der Waals surface area contributed by atoms with Gasteiger partial charge in [-0.15, -0.1) is 0 Å². The molecule has 1 atom stereocenters. The molecule has 0 aromatic heterocycles. The lowest BCUT2D eigenvalue weighted by Crippen LogP contribution is -2.55. The van der Waals surface area contributed by atoms with Gasteiger partial charge in [-0.3, -0.25) is 0 Å². The molecule has 0 saturated heterocycles. The van der Waals surface area contributed by atoms with Gasteiger partial charge in [-0.05, 0) is 91.9 Å². The van der Waals surface area contributed by atoms with Crippen LogP contribution in [-0.2, 0) is 6.42 Å². The molecule has 4 aliphatic carbocycles. The third-order valence-corrected chi connectivity index (χ3v) is 6.92. The molecular formula is C18H23Cl2N. The third kappa shape index (κ3) is 2.52. The molecule has 4 fully saturated rings. The Kier molecular flexibility index (Phi) is 3.52. The van der Waals surface area contributed by atoms with Crippen LogP contribution in [0.25, 0.3) is 0 Å². The fourth-order valence-corrected chi connectivity index (χ4v) is 6.17. The Morgan fingerprint density at radius 1 is 1.05 bits per heavy atom. The van der Waals surface area contributed by atoms with E-state index < -0.39 is 0 Å².